The Morgan fingerprint density at radius 1 is 1.43 bits per heavy atom. The molecule has 0 saturated carbocycles. The van der Waals surface area contributed by atoms with Crippen LogP contribution in [0.25, 0.3) is 0 Å². The molecule has 112 valence electrons. The molecule has 1 heterocycles. The summed E-state index contributed by atoms with van der Waals surface area (Å²) in [4.78, 5) is 10.1. The SMILES string of the molecule is Cc1c(S(=O)(=O)Nc2ccc(Cl)c([N+](=O)[O-])c2)cnn1C. The molecule has 1 N–H and O–H groups in total. The molecule has 10 heteroatoms. The highest BCUT2D eigenvalue weighted by molar-refractivity contribution is 7.92. The number of nitrogens with one attached hydrogen (secondary N) is 1. The lowest BCUT2D eigenvalue weighted by atomic mass is 10.3. The van der Waals surface area contributed by atoms with Gasteiger partial charge in [-0.3, -0.25) is 19.5 Å². The molecule has 21 heavy (non-hydrogen) atoms. The van der Waals surface area contributed by atoms with E-state index >= 15 is 0 Å². The van der Waals surface area contributed by atoms with Crippen LogP contribution in [0.1, 0.15) is 5.69 Å². The maximum absolute atomic E-state index is 12.2. The number of aromatic nitrogens is 2. The van der Waals surface area contributed by atoms with Gasteiger partial charge in [-0.2, -0.15) is 5.10 Å². The van der Waals surface area contributed by atoms with Gasteiger partial charge in [-0.15, -0.1) is 0 Å². The first kappa shape index (κ1) is 15.3. The Labute approximate surface area is 125 Å². The van der Waals surface area contributed by atoms with Crippen LogP contribution in [-0.2, 0) is 17.1 Å². The van der Waals surface area contributed by atoms with E-state index in [9.17, 15) is 18.5 Å². The summed E-state index contributed by atoms with van der Waals surface area (Å²) in [5, 5.41) is 14.6. The van der Waals surface area contributed by atoms with Crippen LogP contribution in [0.4, 0.5) is 11.4 Å². The van der Waals surface area contributed by atoms with E-state index < -0.39 is 14.9 Å². The van der Waals surface area contributed by atoms with E-state index in [1.54, 1.807) is 14.0 Å². The number of rotatable bonds is 4. The van der Waals surface area contributed by atoms with E-state index in [0.717, 1.165) is 6.07 Å². The van der Waals surface area contributed by atoms with Crippen molar-refractivity contribution >= 4 is 33.0 Å². The van der Waals surface area contributed by atoms with Crippen molar-refractivity contribution in [2.24, 2.45) is 7.05 Å². The number of sulfonamides is 1. The summed E-state index contributed by atoms with van der Waals surface area (Å²) in [6.45, 7) is 1.60. The number of anilines is 1. The minimum Gasteiger partial charge on any atom is -0.279 e. The number of nitrogens with zero attached hydrogens (tertiary/aromatic N) is 3. The molecule has 0 amide bonds. The van der Waals surface area contributed by atoms with Crippen molar-refractivity contribution in [1.82, 2.24) is 9.78 Å². The van der Waals surface area contributed by atoms with Crippen molar-refractivity contribution in [3.63, 3.8) is 0 Å². The molecule has 1 aromatic heterocycles. The second-order valence-electron chi connectivity index (χ2n) is 4.25. The topological polar surface area (TPSA) is 107 Å². The molecule has 0 aliphatic heterocycles. The van der Waals surface area contributed by atoms with Crippen LogP contribution >= 0.6 is 11.6 Å². The Morgan fingerprint density at radius 2 is 2.10 bits per heavy atom. The van der Waals surface area contributed by atoms with Crippen LogP contribution in [0.15, 0.2) is 29.3 Å². The number of nitro groups is 1. The zero-order valence-corrected chi connectivity index (χ0v) is 12.6. The molecule has 2 aromatic rings. The standard InChI is InChI=1S/C11H11ClN4O4S/c1-7-11(6-13-15(7)2)21(19,20)14-8-3-4-9(12)10(5-8)16(17)18/h3-6,14H,1-2H3. The molecule has 0 unspecified atom stereocenters. The highest BCUT2D eigenvalue weighted by Crippen LogP contribution is 2.28. The van der Waals surface area contributed by atoms with E-state index in [-0.39, 0.29) is 21.3 Å². The smallest absolute Gasteiger partial charge is 0.279 e. The van der Waals surface area contributed by atoms with Crippen LogP contribution in [0.5, 0.6) is 0 Å². The van der Waals surface area contributed by atoms with Crippen LogP contribution in [0.2, 0.25) is 5.02 Å². The van der Waals surface area contributed by atoms with E-state index in [2.05, 4.69) is 9.82 Å². The zero-order chi connectivity index (χ0) is 15.8. The minimum absolute atomic E-state index is 0.00241. The fourth-order valence-corrected chi connectivity index (χ4v) is 3.11. The Hall–Kier alpha value is -2.13. The van der Waals surface area contributed by atoms with Gasteiger partial charge in [-0.05, 0) is 19.1 Å². The molecule has 0 aliphatic carbocycles. The highest BCUT2D eigenvalue weighted by atomic mass is 35.5. The normalized spacial score (nSPS) is 11.4. The highest BCUT2D eigenvalue weighted by Gasteiger charge is 2.21. The van der Waals surface area contributed by atoms with Crippen molar-refractivity contribution in [3.05, 3.63) is 45.2 Å². The van der Waals surface area contributed by atoms with E-state index in [0.29, 0.717) is 5.69 Å². The first-order valence-corrected chi connectivity index (χ1v) is 7.54. The van der Waals surface area contributed by atoms with Gasteiger partial charge in [-0.1, -0.05) is 11.6 Å². The average molecular weight is 331 g/mol. The molecule has 0 spiro atoms. The molecule has 0 aliphatic rings. The quantitative estimate of drug-likeness (QED) is 0.682. The van der Waals surface area contributed by atoms with Crippen molar-refractivity contribution in [1.29, 1.82) is 0 Å². The van der Waals surface area contributed by atoms with Crippen molar-refractivity contribution in [3.8, 4) is 0 Å². The third kappa shape index (κ3) is 2.98. The molecule has 2 rings (SSSR count). The maximum atomic E-state index is 12.2. The van der Waals surface area contributed by atoms with Crippen LogP contribution < -0.4 is 4.72 Å². The van der Waals surface area contributed by atoms with Gasteiger partial charge in [0.2, 0.25) is 0 Å². The summed E-state index contributed by atoms with van der Waals surface area (Å²) in [5.41, 5.74) is 0.125. The Kier molecular flexibility index (Phi) is 3.88. The van der Waals surface area contributed by atoms with Gasteiger partial charge in [-0.25, -0.2) is 8.42 Å². The third-order valence-electron chi connectivity index (χ3n) is 2.87. The second kappa shape index (κ2) is 5.34. The Morgan fingerprint density at radius 3 is 2.62 bits per heavy atom. The largest absolute Gasteiger partial charge is 0.289 e. The van der Waals surface area contributed by atoms with Gasteiger partial charge < -0.3 is 0 Å². The van der Waals surface area contributed by atoms with Gasteiger partial charge in [0.25, 0.3) is 15.7 Å². The summed E-state index contributed by atoms with van der Waals surface area (Å²) < 4.78 is 28.2. The van der Waals surface area contributed by atoms with Crippen molar-refractivity contribution < 1.29 is 13.3 Å². The summed E-state index contributed by atoms with van der Waals surface area (Å²) in [7, 11) is -2.26. The predicted octanol–water partition coefficient (Wildman–Crippen LogP) is 2.09. The van der Waals surface area contributed by atoms with Gasteiger partial charge in [0.1, 0.15) is 9.92 Å². The van der Waals surface area contributed by atoms with Gasteiger partial charge in [0, 0.05) is 13.1 Å². The van der Waals surface area contributed by atoms with Gasteiger partial charge >= 0.3 is 0 Å². The van der Waals surface area contributed by atoms with Crippen molar-refractivity contribution in [2.75, 3.05) is 4.72 Å². The average Bonchev–Trinajstić information content (AvgIpc) is 2.72. The Balaban J connectivity index is 2.40. The molecule has 1 aromatic carbocycles. The van der Waals surface area contributed by atoms with Gasteiger partial charge in [0.15, 0.2) is 0 Å². The zero-order valence-electron chi connectivity index (χ0n) is 11.1. The van der Waals surface area contributed by atoms with E-state index in [4.69, 9.17) is 11.6 Å². The first-order chi connectivity index (χ1) is 9.72. The lowest BCUT2D eigenvalue weighted by molar-refractivity contribution is -0.384. The molecule has 8 nitrogen and oxygen atoms in total. The minimum atomic E-state index is -3.88. The first-order valence-electron chi connectivity index (χ1n) is 5.68. The van der Waals surface area contributed by atoms with E-state index in [1.807, 2.05) is 0 Å². The molecule has 0 atom stereocenters. The fourth-order valence-electron chi connectivity index (χ4n) is 1.67. The Bertz CT molecular complexity index is 816. The summed E-state index contributed by atoms with van der Waals surface area (Å²) in [6, 6.07) is 3.66. The number of aryl methyl sites for hydroxylation is 1. The fraction of sp³-hybridized carbons (Fsp3) is 0.182. The third-order valence-corrected chi connectivity index (χ3v) is 4.68. The molecular weight excluding hydrogens is 320 g/mol. The lowest BCUT2D eigenvalue weighted by Gasteiger charge is -2.07. The summed E-state index contributed by atoms with van der Waals surface area (Å²) in [5.74, 6) is 0. The monoisotopic (exact) mass is 330 g/mol. The van der Waals surface area contributed by atoms with Crippen LogP contribution in [0, 0.1) is 17.0 Å². The number of benzene rings is 1. The maximum Gasteiger partial charge on any atom is 0.289 e. The number of hydrogen-bond acceptors (Lipinski definition) is 5. The summed E-state index contributed by atoms with van der Waals surface area (Å²) in [6.07, 6.45) is 1.21. The molecular formula is C11H11ClN4O4S. The van der Waals surface area contributed by atoms with Crippen molar-refractivity contribution in [2.45, 2.75) is 11.8 Å². The summed E-state index contributed by atoms with van der Waals surface area (Å²) >= 11 is 5.68. The molecule has 0 bridgehead atoms. The molecule has 0 radical (unpaired) electrons. The predicted molar refractivity (Wildman–Crippen MR) is 76.9 cm³/mol. The number of hydrogen-bond donors (Lipinski definition) is 1. The van der Waals surface area contributed by atoms with Crippen LogP contribution in [0.3, 0.4) is 0 Å². The molecule has 0 fully saturated rings. The number of nitro benzene ring substituents is 1. The second-order valence-corrected chi connectivity index (χ2v) is 6.30. The van der Waals surface area contributed by atoms with Gasteiger partial charge in [0.05, 0.1) is 22.5 Å². The number of halogens is 1. The van der Waals surface area contributed by atoms with Crippen LogP contribution in [-0.4, -0.2) is 23.1 Å². The lowest BCUT2D eigenvalue weighted by Crippen LogP contribution is -2.14. The molecule has 0 saturated heterocycles. The van der Waals surface area contributed by atoms with E-state index in [1.165, 1.54) is 23.0 Å².